The number of hydrogen-bond acceptors (Lipinski definition) is 1. The third-order valence-corrected chi connectivity index (χ3v) is 5.44. The van der Waals surface area contributed by atoms with Crippen LogP contribution in [0.5, 0.6) is 0 Å². The molecular formula is C21H26N2S. The fraction of sp³-hybridized carbons (Fsp3) is 0.381. The van der Waals surface area contributed by atoms with Gasteiger partial charge in [-0.1, -0.05) is 43.2 Å². The Labute approximate surface area is 150 Å². The molecule has 0 heterocycles. The Morgan fingerprint density at radius 2 is 1.62 bits per heavy atom. The average molecular weight is 339 g/mol. The summed E-state index contributed by atoms with van der Waals surface area (Å²) >= 11 is 5.64. The molecule has 0 atom stereocenters. The summed E-state index contributed by atoms with van der Waals surface area (Å²) in [6, 6.07) is 15.0. The summed E-state index contributed by atoms with van der Waals surface area (Å²) in [5.74, 6) is 0. The van der Waals surface area contributed by atoms with Crippen LogP contribution in [0.4, 0.5) is 5.69 Å². The van der Waals surface area contributed by atoms with Crippen molar-refractivity contribution in [3.8, 4) is 0 Å². The Kier molecular flexibility index (Phi) is 4.91. The van der Waals surface area contributed by atoms with Crippen LogP contribution in [0.2, 0.25) is 0 Å². The van der Waals surface area contributed by atoms with E-state index in [1.165, 1.54) is 35.1 Å². The first kappa shape index (κ1) is 17.0. The molecule has 0 spiro atoms. The molecule has 1 aliphatic rings. The SMILES string of the molecule is Cc1ccc(NC(=S)NC2(c3ccccc3C)CCCC2)cc1C. The maximum atomic E-state index is 5.64. The Hall–Kier alpha value is -1.87. The van der Waals surface area contributed by atoms with E-state index in [9.17, 15) is 0 Å². The Balaban J connectivity index is 1.80. The number of rotatable bonds is 3. The molecule has 2 aromatic carbocycles. The van der Waals surface area contributed by atoms with E-state index in [0.29, 0.717) is 5.11 Å². The highest BCUT2D eigenvalue weighted by Gasteiger charge is 2.37. The summed E-state index contributed by atoms with van der Waals surface area (Å²) < 4.78 is 0. The molecule has 126 valence electrons. The molecule has 2 nitrogen and oxygen atoms in total. The molecule has 0 radical (unpaired) electrons. The molecule has 0 amide bonds. The number of thiocarbonyl (C=S) groups is 1. The Morgan fingerprint density at radius 3 is 2.29 bits per heavy atom. The fourth-order valence-electron chi connectivity index (χ4n) is 3.75. The Bertz CT molecular complexity index is 745. The monoisotopic (exact) mass is 338 g/mol. The molecule has 1 saturated carbocycles. The summed E-state index contributed by atoms with van der Waals surface area (Å²) in [6.07, 6.45) is 4.75. The number of benzene rings is 2. The van der Waals surface area contributed by atoms with Crippen LogP contribution in [-0.2, 0) is 5.54 Å². The molecule has 2 aromatic rings. The second kappa shape index (κ2) is 6.94. The minimum absolute atomic E-state index is 0.0326. The molecule has 1 aliphatic carbocycles. The van der Waals surface area contributed by atoms with E-state index in [2.05, 4.69) is 73.9 Å². The van der Waals surface area contributed by atoms with Gasteiger partial charge in [-0.05, 0) is 80.2 Å². The van der Waals surface area contributed by atoms with Gasteiger partial charge in [0, 0.05) is 5.69 Å². The molecule has 0 bridgehead atoms. The van der Waals surface area contributed by atoms with Gasteiger partial charge >= 0.3 is 0 Å². The van der Waals surface area contributed by atoms with Gasteiger partial charge in [-0.2, -0.15) is 0 Å². The van der Waals surface area contributed by atoms with Crippen LogP contribution in [0.25, 0.3) is 0 Å². The van der Waals surface area contributed by atoms with Crippen molar-refractivity contribution in [2.75, 3.05) is 5.32 Å². The highest BCUT2D eigenvalue weighted by molar-refractivity contribution is 7.80. The molecule has 1 fully saturated rings. The standard InChI is InChI=1S/C21H26N2S/c1-15-10-11-18(14-17(15)3)22-20(24)23-21(12-6-7-13-21)19-9-5-4-8-16(19)2/h4-5,8-11,14H,6-7,12-13H2,1-3H3,(H2,22,23,24). The zero-order chi connectivity index (χ0) is 17.2. The molecular weight excluding hydrogens is 312 g/mol. The largest absolute Gasteiger partial charge is 0.353 e. The van der Waals surface area contributed by atoms with E-state index >= 15 is 0 Å². The van der Waals surface area contributed by atoms with Crippen molar-refractivity contribution in [2.24, 2.45) is 0 Å². The lowest BCUT2D eigenvalue weighted by atomic mass is 9.85. The van der Waals surface area contributed by atoms with Gasteiger partial charge in [0.05, 0.1) is 5.54 Å². The van der Waals surface area contributed by atoms with Gasteiger partial charge in [0.25, 0.3) is 0 Å². The third-order valence-electron chi connectivity index (χ3n) is 5.24. The van der Waals surface area contributed by atoms with Crippen molar-refractivity contribution in [3.05, 3.63) is 64.7 Å². The normalized spacial score (nSPS) is 16.0. The molecule has 0 unspecified atom stereocenters. The summed E-state index contributed by atoms with van der Waals surface area (Å²) in [6.45, 7) is 6.45. The smallest absolute Gasteiger partial charge is 0.171 e. The Morgan fingerprint density at radius 1 is 0.917 bits per heavy atom. The van der Waals surface area contributed by atoms with E-state index in [1.54, 1.807) is 0 Å². The van der Waals surface area contributed by atoms with E-state index in [4.69, 9.17) is 12.2 Å². The van der Waals surface area contributed by atoms with Crippen molar-refractivity contribution < 1.29 is 0 Å². The zero-order valence-electron chi connectivity index (χ0n) is 14.8. The van der Waals surface area contributed by atoms with Gasteiger partial charge in [-0.25, -0.2) is 0 Å². The van der Waals surface area contributed by atoms with E-state index in [1.807, 2.05) is 0 Å². The lowest BCUT2D eigenvalue weighted by Crippen LogP contribution is -2.46. The van der Waals surface area contributed by atoms with Gasteiger partial charge in [-0.15, -0.1) is 0 Å². The van der Waals surface area contributed by atoms with Crippen LogP contribution >= 0.6 is 12.2 Å². The lowest BCUT2D eigenvalue weighted by Gasteiger charge is -2.34. The predicted molar refractivity (Wildman–Crippen MR) is 107 cm³/mol. The molecule has 3 rings (SSSR count). The number of aryl methyl sites for hydroxylation is 3. The summed E-state index contributed by atoms with van der Waals surface area (Å²) in [5.41, 5.74) is 6.31. The maximum Gasteiger partial charge on any atom is 0.171 e. The van der Waals surface area contributed by atoms with Gasteiger partial charge < -0.3 is 10.6 Å². The number of anilines is 1. The van der Waals surface area contributed by atoms with Crippen LogP contribution in [0, 0.1) is 20.8 Å². The van der Waals surface area contributed by atoms with E-state index in [-0.39, 0.29) is 5.54 Å². The maximum absolute atomic E-state index is 5.64. The highest BCUT2D eigenvalue weighted by atomic mass is 32.1. The highest BCUT2D eigenvalue weighted by Crippen LogP contribution is 2.40. The quantitative estimate of drug-likeness (QED) is 0.736. The average Bonchev–Trinajstić information content (AvgIpc) is 3.00. The second-order valence-corrected chi connectivity index (χ2v) is 7.39. The van der Waals surface area contributed by atoms with Gasteiger partial charge in [0.15, 0.2) is 5.11 Å². The van der Waals surface area contributed by atoms with Gasteiger partial charge in [0.2, 0.25) is 0 Å². The first-order chi connectivity index (χ1) is 11.5. The van der Waals surface area contributed by atoms with Crippen LogP contribution in [-0.4, -0.2) is 5.11 Å². The molecule has 0 aliphatic heterocycles. The van der Waals surface area contributed by atoms with E-state index in [0.717, 1.165) is 18.5 Å². The second-order valence-electron chi connectivity index (χ2n) is 6.98. The van der Waals surface area contributed by atoms with Crippen molar-refractivity contribution in [2.45, 2.75) is 52.0 Å². The topological polar surface area (TPSA) is 24.1 Å². The predicted octanol–water partition coefficient (Wildman–Crippen LogP) is 5.37. The van der Waals surface area contributed by atoms with E-state index < -0.39 is 0 Å². The molecule has 2 N–H and O–H groups in total. The van der Waals surface area contributed by atoms with Crippen LogP contribution < -0.4 is 10.6 Å². The summed E-state index contributed by atoms with van der Waals surface area (Å²) in [5, 5.41) is 7.74. The van der Waals surface area contributed by atoms with Gasteiger partial charge in [0.1, 0.15) is 0 Å². The van der Waals surface area contributed by atoms with Crippen LogP contribution in [0.3, 0.4) is 0 Å². The number of nitrogens with one attached hydrogen (secondary N) is 2. The lowest BCUT2D eigenvalue weighted by molar-refractivity contribution is 0.406. The van der Waals surface area contributed by atoms with Crippen molar-refractivity contribution in [1.82, 2.24) is 5.32 Å². The molecule has 24 heavy (non-hydrogen) atoms. The minimum atomic E-state index is -0.0326. The minimum Gasteiger partial charge on any atom is -0.353 e. The molecule has 0 saturated heterocycles. The van der Waals surface area contributed by atoms with Crippen molar-refractivity contribution >= 4 is 23.0 Å². The summed E-state index contributed by atoms with van der Waals surface area (Å²) in [7, 11) is 0. The first-order valence-corrected chi connectivity index (χ1v) is 9.13. The van der Waals surface area contributed by atoms with Crippen molar-refractivity contribution in [3.63, 3.8) is 0 Å². The number of hydrogen-bond donors (Lipinski definition) is 2. The summed E-state index contributed by atoms with van der Waals surface area (Å²) in [4.78, 5) is 0. The van der Waals surface area contributed by atoms with Crippen LogP contribution in [0.1, 0.15) is 47.9 Å². The zero-order valence-corrected chi connectivity index (χ0v) is 15.6. The first-order valence-electron chi connectivity index (χ1n) is 8.73. The van der Waals surface area contributed by atoms with Crippen LogP contribution in [0.15, 0.2) is 42.5 Å². The van der Waals surface area contributed by atoms with Crippen molar-refractivity contribution in [1.29, 1.82) is 0 Å². The molecule has 0 aromatic heterocycles. The molecule has 3 heteroatoms. The fourth-order valence-corrected chi connectivity index (χ4v) is 4.06. The van der Waals surface area contributed by atoms with Gasteiger partial charge in [-0.3, -0.25) is 0 Å². The third kappa shape index (κ3) is 3.46.